The van der Waals surface area contributed by atoms with Gasteiger partial charge in [0.1, 0.15) is 27.4 Å². The molecular weight excluding hydrogens is 452 g/mol. The molecule has 0 saturated heterocycles. The lowest BCUT2D eigenvalue weighted by Crippen LogP contribution is -2.30. The Labute approximate surface area is 195 Å². The highest BCUT2D eigenvalue weighted by Crippen LogP contribution is 2.23. The van der Waals surface area contributed by atoms with Crippen molar-refractivity contribution in [2.75, 3.05) is 0 Å². The molecule has 0 radical (unpaired) electrons. The predicted molar refractivity (Wildman–Crippen MR) is 127 cm³/mol. The average Bonchev–Trinajstić information content (AvgIpc) is 3.31. The minimum absolute atomic E-state index is 0.0487. The molecule has 1 N–H and O–H groups in total. The molecule has 0 unspecified atom stereocenters. The molecule has 8 nitrogen and oxygen atoms in total. The third kappa shape index (κ3) is 3.36. The van der Waals surface area contributed by atoms with E-state index >= 15 is 0 Å². The SMILES string of the molecule is Cc1ccc(S(=O)(=O)c2cc3c(=O)n4cccc(C)c4nc3n(Cc3ccco3)c2=N)cc1C. The van der Waals surface area contributed by atoms with E-state index in [-0.39, 0.29) is 32.9 Å². The van der Waals surface area contributed by atoms with Gasteiger partial charge in [-0.15, -0.1) is 0 Å². The Morgan fingerprint density at radius 1 is 0.971 bits per heavy atom. The zero-order valence-electron chi connectivity index (χ0n) is 18.9. The van der Waals surface area contributed by atoms with Crippen LogP contribution in [-0.4, -0.2) is 22.4 Å². The Bertz CT molecular complexity index is 1810. The summed E-state index contributed by atoms with van der Waals surface area (Å²) in [5.41, 5.74) is 2.54. The molecule has 5 rings (SSSR count). The molecular formula is C25H22N4O4S. The van der Waals surface area contributed by atoms with Crippen molar-refractivity contribution < 1.29 is 12.8 Å². The molecule has 4 aromatic heterocycles. The predicted octanol–water partition coefficient (Wildman–Crippen LogP) is 3.53. The van der Waals surface area contributed by atoms with Crippen LogP contribution in [0, 0.1) is 26.2 Å². The molecule has 0 aliphatic carbocycles. The van der Waals surface area contributed by atoms with Crippen molar-refractivity contribution in [2.45, 2.75) is 37.1 Å². The third-order valence-electron chi connectivity index (χ3n) is 6.07. The van der Waals surface area contributed by atoms with Crippen LogP contribution in [0.3, 0.4) is 0 Å². The van der Waals surface area contributed by atoms with Gasteiger partial charge in [-0.1, -0.05) is 12.1 Å². The zero-order valence-corrected chi connectivity index (χ0v) is 19.7. The summed E-state index contributed by atoms with van der Waals surface area (Å²) in [6, 6.07) is 13.1. The molecule has 9 heteroatoms. The molecule has 0 spiro atoms. The summed E-state index contributed by atoms with van der Waals surface area (Å²) in [5.74, 6) is 0.507. The smallest absolute Gasteiger partial charge is 0.267 e. The third-order valence-corrected chi connectivity index (χ3v) is 7.84. The van der Waals surface area contributed by atoms with Gasteiger partial charge in [0, 0.05) is 6.20 Å². The first-order chi connectivity index (χ1) is 16.2. The van der Waals surface area contributed by atoms with Crippen molar-refractivity contribution >= 4 is 26.5 Å². The highest BCUT2D eigenvalue weighted by molar-refractivity contribution is 7.91. The second-order valence-electron chi connectivity index (χ2n) is 8.31. The molecule has 0 atom stereocenters. The first-order valence-electron chi connectivity index (χ1n) is 10.6. The average molecular weight is 475 g/mol. The number of pyridine rings is 2. The fraction of sp³-hybridized carbons (Fsp3) is 0.160. The molecule has 0 amide bonds. The molecule has 0 aliphatic rings. The van der Waals surface area contributed by atoms with Crippen molar-refractivity contribution in [3.63, 3.8) is 0 Å². The van der Waals surface area contributed by atoms with Crippen LogP contribution >= 0.6 is 0 Å². The number of nitrogens with zero attached hydrogens (tertiary/aromatic N) is 3. The highest BCUT2D eigenvalue weighted by Gasteiger charge is 2.25. The van der Waals surface area contributed by atoms with Gasteiger partial charge in [0.2, 0.25) is 9.84 Å². The number of aromatic nitrogens is 3. The number of furan rings is 1. The number of aryl methyl sites for hydroxylation is 3. The summed E-state index contributed by atoms with van der Waals surface area (Å²) < 4.78 is 35.6. The maximum absolute atomic E-state index is 13.7. The lowest BCUT2D eigenvalue weighted by atomic mass is 10.1. The van der Waals surface area contributed by atoms with E-state index in [0.29, 0.717) is 11.4 Å². The van der Waals surface area contributed by atoms with E-state index in [4.69, 9.17) is 9.83 Å². The molecule has 34 heavy (non-hydrogen) atoms. The highest BCUT2D eigenvalue weighted by atomic mass is 32.2. The van der Waals surface area contributed by atoms with Gasteiger partial charge >= 0.3 is 0 Å². The Kier molecular flexibility index (Phi) is 5.02. The maximum atomic E-state index is 13.7. The molecule has 0 aliphatic heterocycles. The van der Waals surface area contributed by atoms with Crippen molar-refractivity contribution in [2.24, 2.45) is 0 Å². The number of sulfone groups is 1. The number of nitrogens with one attached hydrogen (secondary N) is 1. The van der Waals surface area contributed by atoms with E-state index in [1.54, 1.807) is 36.5 Å². The van der Waals surface area contributed by atoms with Crippen molar-refractivity contribution in [1.82, 2.24) is 14.0 Å². The normalized spacial score (nSPS) is 12.0. The van der Waals surface area contributed by atoms with Crippen LogP contribution in [0.4, 0.5) is 0 Å². The lowest BCUT2D eigenvalue weighted by molar-refractivity contribution is 0.488. The second kappa shape index (κ2) is 7.81. The maximum Gasteiger partial charge on any atom is 0.267 e. The monoisotopic (exact) mass is 474 g/mol. The fourth-order valence-electron chi connectivity index (χ4n) is 4.00. The molecule has 0 bridgehead atoms. The minimum Gasteiger partial charge on any atom is -0.467 e. The summed E-state index contributed by atoms with van der Waals surface area (Å²) in [4.78, 5) is 17.9. The van der Waals surface area contributed by atoms with Crippen LogP contribution in [-0.2, 0) is 16.4 Å². The molecule has 4 heterocycles. The van der Waals surface area contributed by atoms with Gasteiger partial charge in [0.25, 0.3) is 5.56 Å². The summed E-state index contributed by atoms with van der Waals surface area (Å²) in [6.45, 7) is 5.62. The van der Waals surface area contributed by atoms with Gasteiger partial charge in [-0.25, -0.2) is 13.4 Å². The number of fused-ring (bicyclic) bond motifs is 2. The molecule has 0 saturated carbocycles. The minimum atomic E-state index is -4.09. The van der Waals surface area contributed by atoms with Crippen molar-refractivity contribution in [3.8, 4) is 0 Å². The summed E-state index contributed by atoms with van der Waals surface area (Å²) >= 11 is 0. The Balaban J connectivity index is 1.90. The Hall–Kier alpha value is -3.98. The lowest BCUT2D eigenvalue weighted by Gasteiger charge is -2.15. The van der Waals surface area contributed by atoms with E-state index in [9.17, 15) is 13.2 Å². The number of hydrogen-bond acceptors (Lipinski definition) is 6. The van der Waals surface area contributed by atoms with E-state index in [1.165, 1.54) is 27.4 Å². The Morgan fingerprint density at radius 3 is 2.47 bits per heavy atom. The Morgan fingerprint density at radius 2 is 1.76 bits per heavy atom. The molecule has 5 aromatic rings. The fourth-order valence-corrected chi connectivity index (χ4v) is 5.47. The van der Waals surface area contributed by atoms with E-state index in [1.807, 2.05) is 26.8 Å². The van der Waals surface area contributed by atoms with E-state index in [0.717, 1.165) is 16.7 Å². The van der Waals surface area contributed by atoms with E-state index in [2.05, 4.69) is 4.98 Å². The van der Waals surface area contributed by atoms with Gasteiger partial charge in [-0.05, 0) is 73.9 Å². The molecule has 1 aromatic carbocycles. The van der Waals surface area contributed by atoms with Crippen LogP contribution in [0.5, 0.6) is 0 Å². The molecule has 0 fully saturated rings. The summed E-state index contributed by atoms with van der Waals surface area (Å²) in [5, 5.41) is 8.96. The first kappa shape index (κ1) is 21.8. The number of rotatable bonds is 4. The summed E-state index contributed by atoms with van der Waals surface area (Å²) in [7, 11) is -4.09. The standard InChI is InChI=1S/C25H22N4O4S/c1-15-8-9-19(12-17(15)3)34(31,32)21-13-20-24(29(22(21)26)14-18-7-5-11-33-18)27-23-16(2)6-4-10-28(23)25(20)30/h4-13,26H,14H2,1-3H3. The van der Waals surface area contributed by atoms with Crippen LogP contribution in [0.1, 0.15) is 22.5 Å². The largest absolute Gasteiger partial charge is 0.467 e. The van der Waals surface area contributed by atoms with Gasteiger partial charge in [-0.3, -0.25) is 14.6 Å². The van der Waals surface area contributed by atoms with Gasteiger partial charge in [0.05, 0.1) is 23.1 Å². The summed E-state index contributed by atoms with van der Waals surface area (Å²) in [6.07, 6.45) is 3.10. The van der Waals surface area contributed by atoms with Crippen LogP contribution in [0.25, 0.3) is 16.7 Å². The topological polar surface area (TPSA) is 110 Å². The van der Waals surface area contributed by atoms with Gasteiger partial charge in [-0.2, -0.15) is 0 Å². The number of benzene rings is 1. The van der Waals surface area contributed by atoms with Gasteiger partial charge < -0.3 is 8.98 Å². The number of hydrogen-bond donors (Lipinski definition) is 1. The van der Waals surface area contributed by atoms with Crippen molar-refractivity contribution in [1.29, 1.82) is 5.41 Å². The molecule has 172 valence electrons. The zero-order chi connectivity index (χ0) is 24.2. The van der Waals surface area contributed by atoms with Gasteiger partial charge in [0.15, 0.2) is 0 Å². The van der Waals surface area contributed by atoms with E-state index < -0.39 is 15.4 Å². The quantitative estimate of drug-likeness (QED) is 0.401. The van der Waals surface area contributed by atoms with Crippen LogP contribution in [0.15, 0.2) is 80.0 Å². The van der Waals surface area contributed by atoms with Crippen LogP contribution < -0.4 is 11.0 Å². The second-order valence-corrected chi connectivity index (χ2v) is 10.2. The first-order valence-corrected chi connectivity index (χ1v) is 12.1. The van der Waals surface area contributed by atoms with Crippen LogP contribution in [0.2, 0.25) is 0 Å². The van der Waals surface area contributed by atoms with Crippen molar-refractivity contribution in [3.05, 3.63) is 99.3 Å².